The van der Waals surface area contributed by atoms with Crippen molar-refractivity contribution in [3.8, 4) is 16.9 Å². The second-order valence-electron chi connectivity index (χ2n) is 11.4. The summed E-state index contributed by atoms with van der Waals surface area (Å²) in [4.78, 5) is 20.6. The highest BCUT2D eigenvalue weighted by molar-refractivity contribution is 7.90. The number of anilines is 1. The largest absolute Gasteiger partial charge is 0.481 e. The molecule has 0 bridgehead atoms. The Bertz CT molecular complexity index is 1560. The van der Waals surface area contributed by atoms with E-state index < -0.39 is 20.3 Å². The number of aromatic nitrogens is 1. The normalized spacial score (nSPS) is 21.6. The number of carbonyl (C=O) groups is 1. The monoisotopic (exact) mass is 575 g/mol. The molecule has 4 heterocycles. The van der Waals surface area contributed by atoms with Gasteiger partial charge in [0.15, 0.2) is 6.61 Å². The number of pyridine rings is 1. The highest BCUT2D eigenvalue weighted by Crippen LogP contribution is 2.53. The van der Waals surface area contributed by atoms with Crippen LogP contribution >= 0.6 is 22.9 Å². The summed E-state index contributed by atoms with van der Waals surface area (Å²) >= 11 is 7.99. The highest BCUT2D eigenvalue weighted by Gasteiger charge is 2.58. The van der Waals surface area contributed by atoms with E-state index in [9.17, 15) is 18.3 Å². The SMILES string of the molecule is CC(C)(C)S(=O)(=O)N1C[C@H](N2C(=O)COc3cc(Cl)cc(-c4ccnc5cc(CO)sc45)c32)CC12CCC2. The number of ether oxygens (including phenoxy) is 1. The molecule has 1 amide bonds. The number of amides is 1. The predicted molar refractivity (Wildman–Crippen MR) is 149 cm³/mol. The van der Waals surface area contributed by atoms with Crippen molar-refractivity contribution in [2.75, 3.05) is 18.1 Å². The van der Waals surface area contributed by atoms with Crippen molar-refractivity contribution >= 4 is 54.8 Å². The quantitative estimate of drug-likeness (QED) is 0.472. The molecule has 1 saturated carbocycles. The smallest absolute Gasteiger partial charge is 0.265 e. The van der Waals surface area contributed by atoms with Gasteiger partial charge < -0.3 is 14.7 Å². The van der Waals surface area contributed by atoms with E-state index in [4.69, 9.17) is 16.3 Å². The van der Waals surface area contributed by atoms with E-state index >= 15 is 0 Å². The molecule has 1 aromatic carbocycles. The fourth-order valence-corrected chi connectivity index (χ4v) is 9.03. The van der Waals surface area contributed by atoms with Crippen LogP contribution in [0.5, 0.6) is 5.75 Å². The molecule has 8 nitrogen and oxygen atoms in total. The van der Waals surface area contributed by atoms with E-state index in [1.807, 2.05) is 18.2 Å². The number of halogens is 1. The molecule has 38 heavy (non-hydrogen) atoms. The van der Waals surface area contributed by atoms with Crippen LogP contribution in [0.25, 0.3) is 21.3 Å². The Labute approximate surface area is 231 Å². The number of carbonyl (C=O) groups excluding carboxylic acids is 1. The average Bonchev–Trinajstić information content (AvgIpc) is 3.45. The van der Waals surface area contributed by atoms with Crippen LogP contribution in [0.4, 0.5) is 5.69 Å². The molecule has 2 aromatic heterocycles. The maximum atomic E-state index is 13.7. The number of nitrogens with zero attached hydrogens (tertiary/aromatic N) is 3. The standard InChI is InChI=1S/C27H30ClN3O5S2/c1-26(2,3)38(34,35)30-13-17(12-27(30)6-4-7-27)31-23(33)15-36-22-10-16(28)9-20(24(22)31)19-5-8-29-21-11-18(14-32)37-25(19)21/h5,8-11,17,32H,4,6-7,12-15H2,1-3H3/t17-/m1/s1. The van der Waals surface area contributed by atoms with Gasteiger partial charge in [-0.05, 0) is 64.7 Å². The average molecular weight is 576 g/mol. The number of aliphatic hydroxyl groups excluding tert-OH is 1. The number of aliphatic hydroxyl groups is 1. The van der Waals surface area contributed by atoms with Crippen LogP contribution < -0.4 is 9.64 Å². The van der Waals surface area contributed by atoms with Crippen LogP contribution in [0.15, 0.2) is 30.5 Å². The highest BCUT2D eigenvalue weighted by atomic mass is 35.5. The van der Waals surface area contributed by atoms with Crippen molar-refractivity contribution in [2.45, 2.75) is 69.4 Å². The lowest BCUT2D eigenvalue weighted by Crippen LogP contribution is -2.56. The van der Waals surface area contributed by atoms with Crippen molar-refractivity contribution in [1.29, 1.82) is 0 Å². The summed E-state index contributed by atoms with van der Waals surface area (Å²) in [5, 5.41) is 10.2. The fourth-order valence-electron chi connectivity index (χ4n) is 6.02. The van der Waals surface area contributed by atoms with Crippen molar-refractivity contribution in [2.24, 2.45) is 0 Å². The van der Waals surface area contributed by atoms with Crippen LogP contribution in [-0.2, 0) is 21.4 Å². The molecule has 11 heteroatoms. The predicted octanol–water partition coefficient (Wildman–Crippen LogP) is 4.96. The van der Waals surface area contributed by atoms with E-state index in [1.54, 1.807) is 42.2 Å². The summed E-state index contributed by atoms with van der Waals surface area (Å²) in [6, 6.07) is 6.92. The van der Waals surface area contributed by atoms with E-state index in [0.717, 1.165) is 45.5 Å². The molecule has 0 unspecified atom stereocenters. The minimum absolute atomic E-state index is 0.0932. The van der Waals surface area contributed by atoms with Gasteiger partial charge in [0.25, 0.3) is 5.91 Å². The Balaban J connectivity index is 1.50. The minimum atomic E-state index is -3.60. The first-order valence-electron chi connectivity index (χ1n) is 12.7. The van der Waals surface area contributed by atoms with Crippen LogP contribution in [0, 0.1) is 0 Å². The van der Waals surface area contributed by atoms with E-state index in [-0.39, 0.29) is 31.7 Å². The van der Waals surface area contributed by atoms with Crippen molar-refractivity contribution in [3.63, 3.8) is 0 Å². The molecule has 1 atom stereocenters. The first-order valence-corrected chi connectivity index (χ1v) is 15.4. The summed E-state index contributed by atoms with van der Waals surface area (Å²) in [7, 11) is -3.60. The van der Waals surface area contributed by atoms with Gasteiger partial charge in [0.2, 0.25) is 10.0 Å². The molecule has 1 spiro atoms. The van der Waals surface area contributed by atoms with Crippen molar-refractivity contribution < 1.29 is 23.1 Å². The molecule has 6 rings (SSSR count). The summed E-state index contributed by atoms with van der Waals surface area (Å²) < 4.78 is 34.9. The van der Waals surface area contributed by atoms with Crippen LogP contribution in [0.2, 0.25) is 5.02 Å². The van der Waals surface area contributed by atoms with Gasteiger partial charge in [-0.2, -0.15) is 4.31 Å². The van der Waals surface area contributed by atoms with Crippen LogP contribution in [0.1, 0.15) is 51.3 Å². The summed E-state index contributed by atoms with van der Waals surface area (Å²) in [6.45, 7) is 5.20. The molecule has 1 aliphatic carbocycles. The topological polar surface area (TPSA) is 100 Å². The first kappa shape index (κ1) is 26.0. The van der Waals surface area contributed by atoms with Crippen LogP contribution in [-0.4, -0.2) is 58.2 Å². The zero-order chi connectivity index (χ0) is 27.0. The van der Waals surface area contributed by atoms with E-state index in [1.165, 1.54) is 11.3 Å². The first-order chi connectivity index (χ1) is 17.9. The third kappa shape index (κ3) is 3.87. The molecule has 1 N–H and O–H groups in total. The minimum Gasteiger partial charge on any atom is -0.481 e. The maximum absolute atomic E-state index is 13.7. The zero-order valence-electron chi connectivity index (χ0n) is 21.5. The Morgan fingerprint density at radius 2 is 2.00 bits per heavy atom. The second-order valence-corrected chi connectivity index (χ2v) is 15.6. The van der Waals surface area contributed by atoms with Gasteiger partial charge in [-0.15, -0.1) is 11.3 Å². The van der Waals surface area contributed by atoms with Gasteiger partial charge in [-0.3, -0.25) is 9.78 Å². The van der Waals surface area contributed by atoms with E-state index in [0.29, 0.717) is 22.9 Å². The van der Waals surface area contributed by atoms with Gasteiger partial charge in [0.05, 0.1) is 33.3 Å². The summed E-state index contributed by atoms with van der Waals surface area (Å²) in [6.07, 6.45) is 4.84. The number of benzene rings is 1. The lowest BCUT2D eigenvalue weighted by atomic mass is 9.75. The molecular formula is C27H30ClN3O5S2. The van der Waals surface area contributed by atoms with Crippen molar-refractivity contribution in [3.05, 3.63) is 40.4 Å². The third-order valence-electron chi connectivity index (χ3n) is 8.04. The molecule has 2 aliphatic heterocycles. The fraction of sp³-hybridized carbons (Fsp3) is 0.481. The van der Waals surface area contributed by atoms with Crippen LogP contribution in [0.3, 0.4) is 0 Å². The third-order valence-corrected chi connectivity index (χ3v) is 12.1. The number of thiophene rings is 1. The lowest BCUT2D eigenvalue weighted by Gasteiger charge is -2.46. The van der Waals surface area contributed by atoms with Gasteiger partial charge in [0, 0.05) is 45.4 Å². The number of hydrogen-bond acceptors (Lipinski definition) is 7. The van der Waals surface area contributed by atoms with Crippen molar-refractivity contribution in [1.82, 2.24) is 9.29 Å². The van der Waals surface area contributed by atoms with Gasteiger partial charge in [0.1, 0.15) is 5.75 Å². The molecule has 2 fully saturated rings. The summed E-state index contributed by atoms with van der Waals surface area (Å²) in [5.74, 6) is 0.291. The second kappa shape index (κ2) is 8.89. The molecule has 202 valence electrons. The molecule has 1 saturated heterocycles. The Morgan fingerprint density at radius 3 is 2.66 bits per heavy atom. The summed E-state index contributed by atoms with van der Waals surface area (Å²) in [5.41, 5.74) is 2.44. The lowest BCUT2D eigenvalue weighted by molar-refractivity contribution is -0.121. The van der Waals surface area contributed by atoms with Gasteiger partial charge in [-0.25, -0.2) is 8.42 Å². The number of sulfonamides is 1. The Hall–Kier alpha value is -2.24. The van der Waals surface area contributed by atoms with Gasteiger partial charge >= 0.3 is 0 Å². The maximum Gasteiger partial charge on any atom is 0.265 e. The van der Waals surface area contributed by atoms with E-state index in [2.05, 4.69) is 4.98 Å². The molecule has 3 aromatic rings. The molecular weight excluding hydrogens is 546 g/mol. The Kier molecular flexibility index (Phi) is 6.08. The molecule has 3 aliphatic rings. The zero-order valence-corrected chi connectivity index (χ0v) is 23.9. The number of hydrogen-bond donors (Lipinski definition) is 1. The Morgan fingerprint density at radius 1 is 1.24 bits per heavy atom. The number of fused-ring (bicyclic) bond motifs is 2. The van der Waals surface area contributed by atoms with Gasteiger partial charge in [-0.1, -0.05) is 11.6 Å². The number of rotatable bonds is 4. The molecule has 0 radical (unpaired) electrons.